The lowest BCUT2D eigenvalue weighted by Crippen LogP contribution is -2.03. The average molecular weight is 308 g/mol. The molecule has 0 saturated heterocycles. The van der Waals surface area contributed by atoms with Crippen LogP contribution in [0.3, 0.4) is 0 Å². The summed E-state index contributed by atoms with van der Waals surface area (Å²) in [6.45, 7) is 3.82. The molecule has 0 amide bonds. The number of halogens is 1. The molecule has 0 aliphatic rings. The minimum absolute atomic E-state index is 0.322. The molecule has 0 aliphatic carbocycles. The fourth-order valence-corrected chi connectivity index (χ4v) is 2.25. The fourth-order valence-electron chi connectivity index (χ4n) is 2.25. The molecule has 2 aromatic carbocycles. The quantitative estimate of drug-likeness (QED) is 0.732. The van der Waals surface area contributed by atoms with Crippen LogP contribution in [0.5, 0.6) is 0 Å². The van der Waals surface area contributed by atoms with Crippen LogP contribution in [-0.4, -0.2) is 9.97 Å². The Balaban J connectivity index is 1.88. The largest absolute Gasteiger partial charge is 0.340 e. The maximum atomic E-state index is 13.8. The van der Waals surface area contributed by atoms with Crippen LogP contribution < -0.4 is 10.6 Å². The van der Waals surface area contributed by atoms with E-state index in [9.17, 15) is 4.39 Å². The summed E-state index contributed by atoms with van der Waals surface area (Å²) in [6.07, 6.45) is 0. The van der Waals surface area contributed by atoms with E-state index in [1.54, 1.807) is 31.2 Å². The SMILES string of the molecule is Cc1nc(Nc2ccccc2C)cc(Nc2ccccc2F)n1. The van der Waals surface area contributed by atoms with E-state index in [-0.39, 0.29) is 5.82 Å². The third-order valence-electron chi connectivity index (χ3n) is 3.38. The Morgan fingerprint density at radius 3 is 2.00 bits per heavy atom. The van der Waals surface area contributed by atoms with Crippen LogP contribution in [0.1, 0.15) is 11.4 Å². The van der Waals surface area contributed by atoms with Crippen molar-refractivity contribution < 1.29 is 4.39 Å². The molecule has 3 aromatic rings. The Morgan fingerprint density at radius 2 is 1.35 bits per heavy atom. The zero-order valence-corrected chi connectivity index (χ0v) is 13.0. The van der Waals surface area contributed by atoms with Gasteiger partial charge in [-0.1, -0.05) is 30.3 Å². The van der Waals surface area contributed by atoms with Crippen LogP contribution >= 0.6 is 0 Å². The molecule has 0 radical (unpaired) electrons. The van der Waals surface area contributed by atoms with Gasteiger partial charge in [0, 0.05) is 11.8 Å². The normalized spacial score (nSPS) is 10.4. The molecule has 0 atom stereocenters. The van der Waals surface area contributed by atoms with Gasteiger partial charge in [0.1, 0.15) is 23.3 Å². The molecule has 3 rings (SSSR count). The highest BCUT2D eigenvalue weighted by molar-refractivity contribution is 5.65. The topological polar surface area (TPSA) is 49.8 Å². The molecule has 0 unspecified atom stereocenters. The van der Waals surface area contributed by atoms with Gasteiger partial charge in [0.2, 0.25) is 0 Å². The molecule has 0 spiro atoms. The summed E-state index contributed by atoms with van der Waals surface area (Å²) in [7, 11) is 0. The van der Waals surface area contributed by atoms with E-state index in [0.717, 1.165) is 11.3 Å². The number of aromatic nitrogens is 2. The van der Waals surface area contributed by atoms with Crippen LogP contribution in [0, 0.1) is 19.7 Å². The first-order valence-corrected chi connectivity index (χ1v) is 7.32. The Hall–Kier alpha value is -2.95. The summed E-state index contributed by atoms with van der Waals surface area (Å²) < 4.78 is 13.8. The third-order valence-corrected chi connectivity index (χ3v) is 3.38. The fraction of sp³-hybridized carbons (Fsp3) is 0.111. The van der Waals surface area contributed by atoms with Crippen LogP contribution in [0.15, 0.2) is 54.6 Å². The summed E-state index contributed by atoms with van der Waals surface area (Å²) >= 11 is 0. The smallest absolute Gasteiger partial charge is 0.146 e. The molecule has 0 aliphatic heterocycles. The third kappa shape index (κ3) is 3.63. The summed E-state index contributed by atoms with van der Waals surface area (Å²) in [5.41, 5.74) is 2.47. The van der Waals surface area contributed by atoms with E-state index in [0.29, 0.717) is 23.1 Å². The highest BCUT2D eigenvalue weighted by Gasteiger charge is 2.06. The molecule has 116 valence electrons. The van der Waals surface area contributed by atoms with Crippen LogP contribution in [0.2, 0.25) is 0 Å². The number of benzene rings is 2. The van der Waals surface area contributed by atoms with Crippen LogP contribution in [-0.2, 0) is 0 Å². The minimum Gasteiger partial charge on any atom is -0.340 e. The van der Waals surface area contributed by atoms with E-state index < -0.39 is 0 Å². The van der Waals surface area contributed by atoms with Gasteiger partial charge in [0.25, 0.3) is 0 Å². The second-order valence-electron chi connectivity index (χ2n) is 5.23. The average Bonchev–Trinajstić information content (AvgIpc) is 2.51. The van der Waals surface area contributed by atoms with Crippen molar-refractivity contribution in [3.05, 3.63) is 71.8 Å². The van der Waals surface area contributed by atoms with Crippen molar-refractivity contribution in [1.29, 1.82) is 0 Å². The van der Waals surface area contributed by atoms with E-state index in [2.05, 4.69) is 20.6 Å². The zero-order valence-electron chi connectivity index (χ0n) is 13.0. The predicted octanol–water partition coefficient (Wildman–Crippen LogP) is 4.72. The lowest BCUT2D eigenvalue weighted by Gasteiger charge is -2.12. The zero-order chi connectivity index (χ0) is 16.2. The molecule has 0 saturated carbocycles. The molecule has 1 heterocycles. The Kier molecular flexibility index (Phi) is 4.19. The van der Waals surface area contributed by atoms with Crippen molar-refractivity contribution in [2.75, 3.05) is 10.6 Å². The van der Waals surface area contributed by atoms with Crippen molar-refractivity contribution in [1.82, 2.24) is 9.97 Å². The van der Waals surface area contributed by atoms with E-state index in [4.69, 9.17) is 0 Å². The Labute approximate surface area is 134 Å². The van der Waals surface area contributed by atoms with Crippen molar-refractivity contribution in [2.45, 2.75) is 13.8 Å². The van der Waals surface area contributed by atoms with Crippen molar-refractivity contribution in [2.24, 2.45) is 0 Å². The Bertz CT molecular complexity index is 767. The standard InChI is InChI=1S/C18H17FN4/c1-12-7-3-5-9-15(12)22-17-11-18(21-13(2)20-17)23-16-10-6-4-8-14(16)19/h3-11H,1-2H3,(H2,20,21,22,23). The molecule has 23 heavy (non-hydrogen) atoms. The summed E-state index contributed by atoms with van der Waals surface area (Å²) in [5, 5.41) is 6.26. The first-order valence-electron chi connectivity index (χ1n) is 7.32. The molecule has 0 bridgehead atoms. The number of anilines is 4. The van der Waals surface area contributed by atoms with Gasteiger partial charge in [-0.2, -0.15) is 0 Å². The predicted molar refractivity (Wildman–Crippen MR) is 90.9 cm³/mol. The number of nitrogens with zero attached hydrogens (tertiary/aromatic N) is 2. The summed E-state index contributed by atoms with van der Waals surface area (Å²) in [4.78, 5) is 8.68. The number of hydrogen-bond acceptors (Lipinski definition) is 4. The number of aryl methyl sites for hydroxylation is 2. The van der Waals surface area contributed by atoms with Gasteiger partial charge >= 0.3 is 0 Å². The second-order valence-corrected chi connectivity index (χ2v) is 5.23. The highest BCUT2D eigenvalue weighted by atomic mass is 19.1. The molecule has 5 heteroatoms. The van der Waals surface area contributed by atoms with Gasteiger partial charge < -0.3 is 10.6 Å². The molecule has 0 fully saturated rings. The number of hydrogen-bond donors (Lipinski definition) is 2. The van der Waals surface area contributed by atoms with Gasteiger partial charge in [-0.15, -0.1) is 0 Å². The maximum absolute atomic E-state index is 13.8. The number of para-hydroxylation sites is 2. The molecule has 2 N–H and O–H groups in total. The van der Waals surface area contributed by atoms with Crippen molar-refractivity contribution in [3.63, 3.8) is 0 Å². The van der Waals surface area contributed by atoms with E-state index in [1.807, 2.05) is 31.2 Å². The maximum Gasteiger partial charge on any atom is 0.146 e. The molecular weight excluding hydrogens is 291 g/mol. The van der Waals surface area contributed by atoms with Gasteiger partial charge in [-0.3, -0.25) is 0 Å². The number of nitrogens with one attached hydrogen (secondary N) is 2. The molecule has 4 nitrogen and oxygen atoms in total. The van der Waals surface area contributed by atoms with Crippen molar-refractivity contribution in [3.8, 4) is 0 Å². The molecular formula is C18H17FN4. The molecule has 1 aromatic heterocycles. The van der Waals surface area contributed by atoms with Gasteiger partial charge in [-0.05, 0) is 37.6 Å². The highest BCUT2D eigenvalue weighted by Crippen LogP contribution is 2.23. The first kappa shape index (κ1) is 15.0. The van der Waals surface area contributed by atoms with Gasteiger partial charge in [-0.25, -0.2) is 14.4 Å². The minimum atomic E-state index is -0.322. The first-order chi connectivity index (χ1) is 11.1. The van der Waals surface area contributed by atoms with Crippen LogP contribution in [0.25, 0.3) is 0 Å². The Morgan fingerprint density at radius 1 is 0.783 bits per heavy atom. The monoisotopic (exact) mass is 308 g/mol. The summed E-state index contributed by atoms with van der Waals surface area (Å²) in [5.74, 6) is 1.48. The lowest BCUT2D eigenvalue weighted by molar-refractivity contribution is 0.632. The number of rotatable bonds is 4. The van der Waals surface area contributed by atoms with E-state index in [1.165, 1.54) is 6.07 Å². The van der Waals surface area contributed by atoms with Gasteiger partial charge in [0.05, 0.1) is 5.69 Å². The van der Waals surface area contributed by atoms with Crippen molar-refractivity contribution >= 4 is 23.0 Å². The summed E-state index contributed by atoms with van der Waals surface area (Å²) in [6, 6.07) is 16.2. The lowest BCUT2D eigenvalue weighted by atomic mass is 10.2. The van der Waals surface area contributed by atoms with Gasteiger partial charge in [0.15, 0.2) is 0 Å². The van der Waals surface area contributed by atoms with E-state index >= 15 is 0 Å². The van der Waals surface area contributed by atoms with Crippen LogP contribution in [0.4, 0.5) is 27.4 Å². The second kappa shape index (κ2) is 6.44.